The smallest absolute Gasteiger partial charge is 0.289 e. The van der Waals surface area contributed by atoms with E-state index in [-0.39, 0.29) is 28.0 Å². The standard InChI is InChI=1S/C14H8O5S2/c15-13-9-3-1-7(20)5-11(9)14(16)12-6-8(21(17,18)19)2-4-10(12)13/h1-6,20H,(H,17,18,19). The number of fused-ring (bicyclic) bond motifs is 2. The first-order chi connectivity index (χ1) is 9.79. The van der Waals surface area contributed by atoms with Crippen molar-refractivity contribution in [3.05, 3.63) is 58.7 Å². The molecule has 0 atom stereocenters. The highest BCUT2D eigenvalue weighted by Crippen LogP contribution is 2.30. The van der Waals surface area contributed by atoms with Gasteiger partial charge in [-0.2, -0.15) is 8.42 Å². The van der Waals surface area contributed by atoms with Crippen molar-refractivity contribution in [3.63, 3.8) is 0 Å². The summed E-state index contributed by atoms with van der Waals surface area (Å²) in [6.45, 7) is 0. The van der Waals surface area contributed by atoms with Gasteiger partial charge in [-0.15, -0.1) is 12.6 Å². The van der Waals surface area contributed by atoms with Crippen molar-refractivity contribution in [3.8, 4) is 0 Å². The highest BCUT2D eigenvalue weighted by atomic mass is 32.2. The Morgan fingerprint density at radius 1 is 0.810 bits per heavy atom. The van der Waals surface area contributed by atoms with Gasteiger partial charge in [0.25, 0.3) is 10.1 Å². The van der Waals surface area contributed by atoms with Gasteiger partial charge in [-0.25, -0.2) is 0 Å². The molecular formula is C14H8O5S2. The third-order valence-corrected chi connectivity index (χ3v) is 4.40. The summed E-state index contributed by atoms with van der Waals surface area (Å²) in [4.78, 5) is 24.9. The maximum absolute atomic E-state index is 12.4. The van der Waals surface area contributed by atoms with Crippen LogP contribution in [0.3, 0.4) is 0 Å². The summed E-state index contributed by atoms with van der Waals surface area (Å²) in [6.07, 6.45) is 0. The minimum absolute atomic E-state index is 0.0402. The molecule has 0 amide bonds. The van der Waals surface area contributed by atoms with Crippen LogP contribution in [0.5, 0.6) is 0 Å². The maximum Gasteiger partial charge on any atom is 0.294 e. The number of hydrogen-bond acceptors (Lipinski definition) is 5. The molecule has 0 radical (unpaired) electrons. The zero-order valence-electron chi connectivity index (χ0n) is 10.4. The zero-order valence-corrected chi connectivity index (χ0v) is 12.1. The minimum atomic E-state index is -4.44. The molecule has 7 heteroatoms. The second kappa shape index (κ2) is 4.52. The molecule has 2 aromatic rings. The van der Waals surface area contributed by atoms with Crippen molar-refractivity contribution in [1.82, 2.24) is 0 Å². The van der Waals surface area contributed by atoms with E-state index in [4.69, 9.17) is 4.55 Å². The van der Waals surface area contributed by atoms with Crippen LogP contribution in [0, 0.1) is 0 Å². The second-order valence-corrected chi connectivity index (χ2v) is 6.51. The molecule has 0 unspecified atom stereocenters. The molecule has 0 heterocycles. The summed E-state index contributed by atoms with van der Waals surface area (Å²) in [5.41, 5.74) is 0.505. The lowest BCUT2D eigenvalue weighted by Crippen LogP contribution is -2.21. The van der Waals surface area contributed by atoms with E-state index in [2.05, 4.69) is 12.6 Å². The number of carbonyl (C=O) groups is 2. The Hall–Kier alpha value is -1.96. The first-order valence-electron chi connectivity index (χ1n) is 5.83. The molecule has 3 rings (SSSR count). The van der Waals surface area contributed by atoms with Gasteiger partial charge in [-0.05, 0) is 36.4 Å². The molecule has 0 aromatic heterocycles. The van der Waals surface area contributed by atoms with Gasteiger partial charge in [0.1, 0.15) is 0 Å². The van der Waals surface area contributed by atoms with E-state index in [0.717, 1.165) is 12.1 Å². The van der Waals surface area contributed by atoms with Crippen molar-refractivity contribution in [2.24, 2.45) is 0 Å². The molecule has 0 saturated carbocycles. The second-order valence-electron chi connectivity index (χ2n) is 4.57. The van der Waals surface area contributed by atoms with Crippen LogP contribution in [0.25, 0.3) is 0 Å². The molecule has 0 fully saturated rings. The Morgan fingerprint density at radius 2 is 1.33 bits per heavy atom. The van der Waals surface area contributed by atoms with Gasteiger partial charge >= 0.3 is 0 Å². The average molecular weight is 320 g/mol. The molecule has 1 aliphatic rings. The predicted octanol–water partition coefficient (Wildman–Crippen LogP) is 2.00. The molecule has 1 aliphatic carbocycles. The maximum atomic E-state index is 12.4. The van der Waals surface area contributed by atoms with Gasteiger partial charge in [0, 0.05) is 27.1 Å². The molecular weight excluding hydrogens is 312 g/mol. The number of hydrogen-bond donors (Lipinski definition) is 2. The third-order valence-electron chi connectivity index (χ3n) is 3.27. The Balaban J connectivity index is 2.29. The van der Waals surface area contributed by atoms with E-state index < -0.39 is 20.8 Å². The predicted molar refractivity (Wildman–Crippen MR) is 76.8 cm³/mol. The fourth-order valence-corrected chi connectivity index (χ4v) is 2.99. The van der Waals surface area contributed by atoms with E-state index in [1.807, 2.05) is 0 Å². The molecule has 2 aromatic carbocycles. The van der Waals surface area contributed by atoms with E-state index in [1.54, 1.807) is 6.07 Å². The number of ketones is 2. The van der Waals surface area contributed by atoms with Gasteiger partial charge in [0.05, 0.1) is 4.90 Å². The monoisotopic (exact) mass is 320 g/mol. The van der Waals surface area contributed by atoms with Crippen molar-refractivity contribution >= 4 is 34.3 Å². The number of benzene rings is 2. The van der Waals surface area contributed by atoms with E-state index >= 15 is 0 Å². The SMILES string of the molecule is O=C1c2ccc(S)cc2C(=O)c2cc(S(=O)(=O)O)ccc21. The summed E-state index contributed by atoms with van der Waals surface area (Å²) in [7, 11) is -4.44. The Bertz CT molecular complexity index is 913. The lowest BCUT2D eigenvalue weighted by atomic mass is 9.84. The quantitative estimate of drug-likeness (QED) is 0.529. The molecule has 5 nitrogen and oxygen atoms in total. The molecule has 1 N–H and O–H groups in total. The average Bonchev–Trinajstić information content (AvgIpc) is 2.43. The van der Waals surface area contributed by atoms with Crippen LogP contribution >= 0.6 is 12.6 Å². The highest BCUT2D eigenvalue weighted by Gasteiger charge is 2.30. The summed E-state index contributed by atoms with van der Waals surface area (Å²) in [5.74, 6) is -0.837. The Morgan fingerprint density at radius 3 is 1.95 bits per heavy atom. The van der Waals surface area contributed by atoms with Crippen LogP contribution in [0.1, 0.15) is 31.8 Å². The van der Waals surface area contributed by atoms with E-state index in [9.17, 15) is 18.0 Å². The molecule has 0 spiro atoms. The fraction of sp³-hybridized carbons (Fsp3) is 0. The third kappa shape index (κ3) is 2.19. The lowest BCUT2D eigenvalue weighted by molar-refractivity contribution is 0.0978. The van der Waals surface area contributed by atoms with E-state index in [1.165, 1.54) is 18.2 Å². The van der Waals surface area contributed by atoms with Crippen molar-refractivity contribution in [2.75, 3.05) is 0 Å². The van der Waals surface area contributed by atoms with Gasteiger partial charge in [-0.3, -0.25) is 14.1 Å². The summed E-state index contributed by atoms with van der Waals surface area (Å²) >= 11 is 4.13. The van der Waals surface area contributed by atoms with Crippen LogP contribution < -0.4 is 0 Å². The Labute approximate surface area is 125 Å². The number of rotatable bonds is 1. The van der Waals surface area contributed by atoms with Crippen LogP contribution in [-0.2, 0) is 10.1 Å². The molecule has 0 bridgehead atoms. The van der Waals surface area contributed by atoms with E-state index in [0.29, 0.717) is 4.90 Å². The molecule has 21 heavy (non-hydrogen) atoms. The van der Waals surface area contributed by atoms with Crippen LogP contribution in [-0.4, -0.2) is 24.5 Å². The van der Waals surface area contributed by atoms with Crippen molar-refractivity contribution in [2.45, 2.75) is 9.79 Å². The minimum Gasteiger partial charge on any atom is -0.289 e. The van der Waals surface area contributed by atoms with Gasteiger partial charge in [0.2, 0.25) is 0 Å². The highest BCUT2D eigenvalue weighted by molar-refractivity contribution is 7.85. The molecule has 0 aliphatic heterocycles. The Kier molecular flexibility index (Phi) is 3.01. The van der Waals surface area contributed by atoms with Gasteiger partial charge in [-0.1, -0.05) is 0 Å². The zero-order chi connectivity index (χ0) is 15.4. The molecule has 106 valence electrons. The van der Waals surface area contributed by atoms with Gasteiger partial charge < -0.3 is 0 Å². The largest absolute Gasteiger partial charge is 0.294 e. The van der Waals surface area contributed by atoms with Crippen LogP contribution in [0.4, 0.5) is 0 Å². The summed E-state index contributed by atoms with van der Waals surface area (Å²) in [5, 5.41) is 0. The summed E-state index contributed by atoms with van der Waals surface area (Å²) < 4.78 is 31.4. The topological polar surface area (TPSA) is 88.5 Å². The van der Waals surface area contributed by atoms with Crippen molar-refractivity contribution in [1.29, 1.82) is 0 Å². The molecule has 0 saturated heterocycles. The van der Waals surface area contributed by atoms with Crippen molar-refractivity contribution < 1.29 is 22.6 Å². The fourth-order valence-electron chi connectivity index (χ4n) is 2.28. The number of carbonyl (C=O) groups excluding carboxylic acids is 2. The van der Waals surface area contributed by atoms with Crippen LogP contribution in [0.2, 0.25) is 0 Å². The first-order valence-corrected chi connectivity index (χ1v) is 7.72. The normalized spacial score (nSPS) is 13.8. The lowest BCUT2D eigenvalue weighted by Gasteiger charge is -2.18. The summed E-state index contributed by atoms with van der Waals surface area (Å²) in [6, 6.07) is 7.91. The van der Waals surface area contributed by atoms with Crippen LogP contribution in [0.15, 0.2) is 46.2 Å². The number of thiol groups is 1. The van der Waals surface area contributed by atoms with Gasteiger partial charge in [0.15, 0.2) is 11.6 Å². The first kappa shape index (κ1) is 14.0.